The highest BCUT2D eigenvalue weighted by Crippen LogP contribution is 2.12. The number of hydrogen-bond donors (Lipinski definition) is 1. The van der Waals surface area contributed by atoms with Gasteiger partial charge in [-0.15, -0.1) is 0 Å². The maximum absolute atomic E-state index is 10.2. The molecule has 0 aromatic carbocycles. The molecule has 0 aliphatic heterocycles. The lowest BCUT2D eigenvalue weighted by Crippen LogP contribution is -2.02. The summed E-state index contributed by atoms with van der Waals surface area (Å²) in [6, 6.07) is 0. The fourth-order valence-corrected chi connectivity index (χ4v) is 0.506. The van der Waals surface area contributed by atoms with Gasteiger partial charge in [-0.05, 0) is 11.6 Å². The number of aliphatic imine (C=N–C) groups is 1. The Hall–Kier alpha value is -1.07. The van der Waals surface area contributed by atoms with Gasteiger partial charge in [0.1, 0.15) is 11.2 Å². The molecular weight excluding hydrogens is 205 g/mol. The van der Waals surface area contributed by atoms with E-state index >= 15 is 0 Å². The Bertz CT molecular complexity index is 252. The molecule has 0 aliphatic carbocycles. The first kappa shape index (κ1) is 10.9. The molecule has 0 aromatic heterocycles. The highest BCUT2D eigenvalue weighted by molar-refractivity contribution is 6.64. The van der Waals surface area contributed by atoms with Crippen molar-refractivity contribution in [1.29, 1.82) is 0 Å². The maximum atomic E-state index is 10.2. The van der Waals surface area contributed by atoms with Crippen molar-refractivity contribution >= 4 is 28.5 Å². The minimum absolute atomic E-state index is 0.235. The van der Waals surface area contributed by atoms with E-state index in [1.807, 2.05) is 0 Å². The molecule has 0 saturated heterocycles. The van der Waals surface area contributed by atoms with Crippen molar-refractivity contribution in [3.05, 3.63) is 33.6 Å². The minimum Gasteiger partial charge on any atom is -0.374 e. The Morgan fingerprint density at radius 2 is 2.17 bits per heavy atom. The Balaban J connectivity index is 4.75. The van der Waals surface area contributed by atoms with Gasteiger partial charge >= 0.3 is 5.70 Å². The van der Waals surface area contributed by atoms with E-state index in [-0.39, 0.29) is 10.3 Å². The largest absolute Gasteiger partial charge is 0.374 e. The Morgan fingerprint density at radius 3 is 2.42 bits per heavy atom. The molecule has 12 heavy (non-hydrogen) atoms. The number of rotatable bonds is 3. The lowest BCUT2D eigenvalue weighted by atomic mass is 10.5. The summed E-state index contributed by atoms with van der Waals surface area (Å²) in [5, 5.41) is 9.65. The molecule has 0 radical (unpaired) electrons. The summed E-state index contributed by atoms with van der Waals surface area (Å²) in [4.78, 5) is 12.7. The average molecular weight is 210 g/mol. The number of hydrogen-bond acceptors (Lipinski definition) is 3. The third kappa shape index (κ3) is 3.95. The zero-order valence-electron chi connectivity index (χ0n) is 5.83. The minimum atomic E-state index is -0.737. The summed E-state index contributed by atoms with van der Waals surface area (Å²) < 4.78 is 0. The SMILES string of the molecule is C=C(Cl)/C(=C\N=C(/N)Cl)[N+](=O)[O-]. The molecule has 5 nitrogen and oxygen atoms in total. The molecular formula is C5H5Cl2N3O2. The van der Waals surface area contributed by atoms with Crippen LogP contribution in [0.4, 0.5) is 0 Å². The Morgan fingerprint density at radius 1 is 1.67 bits per heavy atom. The van der Waals surface area contributed by atoms with Gasteiger partial charge < -0.3 is 5.73 Å². The van der Waals surface area contributed by atoms with E-state index in [9.17, 15) is 10.1 Å². The molecule has 7 heteroatoms. The van der Waals surface area contributed by atoms with Crippen molar-refractivity contribution in [3.63, 3.8) is 0 Å². The molecule has 66 valence electrons. The van der Waals surface area contributed by atoms with Crippen molar-refractivity contribution in [2.24, 2.45) is 10.7 Å². The normalized spacial score (nSPS) is 12.8. The first-order valence-corrected chi connectivity index (χ1v) is 3.39. The van der Waals surface area contributed by atoms with Gasteiger partial charge in [-0.3, -0.25) is 10.1 Å². The van der Waals surface area contributed by atoms with Gasteiger partial charge in [0.25, 0.3) is 0 Å². The Labute approximate surface area is 78.3 Å². The first-order chi connectivity index (χ1) is 5.45. The van der Waals surface area contributed by atoms with Gasteiger partial charge in [0.2, 0.25) is 0 Å². The number of nitro groups is 1. The van der Waals surface area contributed by atoms with Gasteiger partial charge in [0.15, 0.2) is 5.29 Å². The molecule has 0 spiro atoms. The van der Waals surface area contributed by atoms with Crippen LogP contribution in [0.5, 0.6) is 0 Å². The predicted octanol–water partition coefficient (Wildman–Crippen LogP) is 1.41. The average Bonchev–Trinajstić information content (AvgIpc) is 1.84. The van der Waals surface area contributed by atoms with Crippen LogP contribution in [-0.4, -0.2) is 10.2 Å². The third-order valence-electron chi connectivity index (χ3n) is 0.785. The standard InChI is InChI=1S/C5H5Cl2N3O2/c1-3(6)4(10(11)12)2-9-5(7)8/h2H,1H2,(H2,8,9)/b4-2+. The molecule has 0 aliphatic rings. The quantitative estimate of drug-likeness (QED) is 0.191. The molecule has 0 aromatic rings. The Kier molecular flexibility index (Phi) is 4.31. The van der Waals surface area contributed by atoms with E-state index in [0.29, 0.717) is 0 Å². The fourth-order valence-electron chi connectivity index (χ4n) is 0.339. The summed E-state index contributed by atoms with van der Waals surface area (Å²) in [5.74, 6) is 0. The van der Waals surface area contributed by atoms with Crippen molar-refractivity contribution in [2.45, 2.75) is 0 Å². The predicted molar refractivity (Wildman–Crippen MR) is 47.5 cm³/mol. The third-order valence-corrected chi connectivity index (χ3v) is 1.08. The van der Waals surface area contributed by atoms with Crippen molar-refractivity contribution < 1.29 is 4.92 Å². The van der Waals surface area contributed by atoms with Crippen LogP contribution < -0.4 is 5.73 Å². The van der Waals surface area contributed by atoms with Gasteiger partial charge in [-0.1, -0.05) is 18.2 Å². The van der Waals surface area contributed by atoms with E-state index in [2.05, 4.69) is 11.6 Å². The summed E-state index contributed by atoms with van der Waals surface area (Å²) in [6.45, 7) is 3.16. The van der Waals surface area contributed by atoms with Crippen molar-refractivity contribution in [3.8, 4) is 0 Å². The van der Waals surface area contributed by atoms with Crippen LogP contribution >= 0.6 is 23.2 Å². The fraction of sp³-hybridized carbons (Fsp3) is 0. The van der Waals surface area contributed by atoms with E-state index in [4.69, 9.17) is 28.9 Å². The number of nitrogens with two attached hydrogens (primary N) is 1. The number of halogens is 2. The molecule has 2 N–H and O–H groups in total. The monoisotopic (exact) mass is 209 g/mol. The zero-order valence-corrected chi connectivity index (χ0v) is 7.34. The van der Waals surface area contributed by atoms with Crippen molar-refractivity contribution in [2.75, 3.05) is 0 Å². The van der Waals surface area contributed by atoms with Gasteiger partial charge in [0, 0.05) is 0 Å². The van der Waals surface area contributed by atoms with Crippen LogP contribution in [0.2, 0.25) is 0 Å². The number of nitrogens with zero attached hydrogens (tertiary/aromatic N) is 2. The van der Waals surface area contributed by atoms with Crippen LogP contribution in [0, 0.1) is 10.1 Å². The lowest BCUT2D eigenvalue weighted by Gasteiger charge is -1.91. The topological polar surface area (TPSA) is 81.5 Å². The second-order valence-electron chi connectivity index (χ2n) is 1.63. The van der Waals surface area contributed by atoms with E-state index in [1.54, 1.807) is 0 Å². The van der Waals surface area contributed by atoms with Gasteiger partial charge in [-0.2, -0.15) is 0 Å². The van der Waals surface area contributed by atoms with E-state index < -0.39 is 10.6 Å². The first-order valence-electron chi connectivity index (χ1n) is 2.63. The molecule has 0 heterocycles. The smallest absolute Gasteiger partial charge is 0.305 e. The highest BCUT2D eigenvalue weighted by Gasteiger charge is 2.12. The second-order valence-corrected chi connectivity index (χ2v) is 2.47. The van der Waals surface area contributed by atoms with Crippen LogP contribution in [-0.2, 0) is 0 Å². The molecule has 0 atom stereocenters. The van der Waals surface area contributed by atoms with Crippen LogP contribution in [0.25, 0.3) is 0 Å². The summed E-state index contributed by atoms with van der Waals surface area (Å²) >= 11 is 10.4. The summed E-state index contributed by atoms with van der Waals surface area (Å²) in [5.41, 5.74) is 4.47. The number of allylic oxidation sites excluding steroid dienone is 1. The molecule has 0 fully saturated rings. The molecule has 0 unspecified atom stereocenters. The summed E-state index contributed by atoms with van der Waals surface area (Å²) in [6.07, 6.45) is 0.831. The number of amidine groups is 1. The molecule has 0 bridgehead atoms. The summed E-state index contributed by atoms with van der Waals surface area (Å²) in [7, 11) is 0. The lowest BCUT2D eigenvalue weighted by molar-refractivity contribution is -0.420. The van der Waals surface area contributed by atoms with Gasteiger partial charge in [0.05, 0.1) is 4.92 Å². The molecule has 0 amide bonds. The van der Waals surface area contributed by atoms with Crippen LogP contribution in [0.3, 0.4) is 0 Å². The van der Waals surface area contributed by atoms with Crippen LogP contribution in [0.1, 0.15) is 0 Å². The molecule has 0 saturated carbocycles. The maximum Gasteiger partial charge on any atom is 0.305 e. The van der Waals surface area contributed by atoms with Crippen LogP contribution in [0.15, 0.2) is 28.5 Å². The van der Waals surface area contributed by atoms with E-state index in [1.165, 1.54) is 0 Å². The zero-order chi connectivity index (χ0) is 9.72. The van der Waals surface area contributed by atoms with E-state index in [0.717, 1.165) is 6.20 Å². The van der Waals surface area contributed by atoms with Gasteiger partial charge in [-0.25, -0.2) is 4.99 Å². The molecule has 0 rings (SSSR count). The second kappa shape index (κ2) is 4.74. The highest BCUT2D eigenvalue weighted by atomic mass is 35.5. The van der Waals surface area contributed by atoms with Crippen molar-refractivity contribution in [1.82, 2.24) is 0 Å².